The van der Waals surface area contributed by atoms with Gasteiger partial charge in [0, 0.05) is 37.1 Å². The molecule has 0 radical (unpaired) electrons. The lowest BCUT2D eigenvalue weighted by atomic mass is 9.89. The average Bonchev–Trinajstić information content (AvgIpc) is 3.83. The van der Waals surface area contributed by atoms with Crippen LogP contribution in [0.25, 0.3) is 44.4 Å². The maximum atomic E-state index is 5.66. The van der Waals surface area contributed by atoms with Crippen LogP contribution < -0.4 is 0 Å². The monoisotopic (exact) mass is 581 g/mol. The molecule has 2 unspecified atom stereocenters. The molecule has 0 saturated carbocycles. The average molecular weight is 582 g/mol. The van der Waals surface area contributed by atoms with Crippen LogP contribution in [0.15, 0.2) is 79.4 Å². The van der Waals surface area contributed by atoms with Crippen molar-refractivity contribution < 1.29 is 4.74 Å². The first-order valence-electron chi connectivity index (χ1n) is 15.4. The summed E-state index contributed by atoms with van der Waals surface area (Å²) in [5.74, 6) is 1.98. The molecule has 4 heterocycles. The molecule has 0 spiro atoms. The van der Waals surface area contributed by atoms with Gasteiger partial charge >= 0.3 is 0 Å². The highest BCUT2D eigenvalue weighted by Crippen LogP contribution is 2.38. The number of methoxy groups -OCH3 is 1. The van der Waals surface area contributed by atoms with Gasteiger partial charge in [-0.1, -0.05) is 42.5 Å². The number of aryl methyl sites for hydroxylation is 2. The summed E-state index contributed by atoms with van der Waals surface area (Å²) < 4.78 is 5.66. The van der Waals surface area contributed by atoms with Gasteiger partial charge in [0.2, 0.25) is 0 Å². The number of H-pyrrole nitrogens is 2. The molecule has 0 bridgehead atoms. The van der Waals surface area contributed by atoms with E-state index in [9.17, 15) is 0 Å². The summed E-state index contributed by atoms with van der Waals surface area (Å²) in [4.78, 5) is 27.8. The maximum absolute atomic E-state index is 5.66. The molecule has 8 rings (SSSR count). The van der Waals surface area contributed by atoms with E-state index >= 15 is 0 Å². The Hall–Kier alpha value is -4.66. The highest BCUT2D eigenvalue weighted by Gasteiger charge is 2.28. The Labute approximate surface area is 256 Å². The predicted molar refractivity (Wildman–Crippen MR) is 172 cm³/mol. The molecule has 2 aliphatic rings. The second kappa shape index (κ2) is 11.1. The molecule has 3 aromatic heterocycles. The van der Waals surface area contributed by atoms with Crippen LogP contribution in [0.4, 0.5) is 0 Å². The summed E-state index contributed by atoms with van der Waals surface area (Å²) in [5, 5.41) is 2.41. The van der Waals surface area contributed by atoms with Crippen molar-refractivity contribution >= 4 is 10.8 Å². The van der Waals surface area contributed by atoms with Crippen LogP contribution in [0, 0.1) is 0 Å². The number of ether oxygens (including phenoxy) is 1. The zero-order valence-corrected chi connectivity index (χ0v) is 25.0. The molecule has 0 amide bonds. The van der Waals surface area contributed by atoms with Crippen molar-refractivity contribution in [2.24, 2.45) is 0 Å². The summed E-state index contributed by atoms with van der Waals surface area (Å²) in [6, 6.07) is 20.6. The van der Waals surface area contributed by atoms with Crippen LogP contribution in [-0.4, -0.2) is 55.5 Å². The van der Waals surface area contributed by atoms with Crippen LogP contribution in [0.3, 0.4) is 0 Å². The van der Waals surface area contributed by atoms with Crippen molar-refractivity contribution in [1.82, 2.24) is 34.8 Å². The lowest BCUT2D eigenvalue weighted by molar-refractivity contribution is 0.0980. The molecule has 3 aromatic carbocycles. The molecule has 1 fully saturated rings. The van der Waals surface area contributed by atoms with Crippen molar-refractivity contribution in [3.8, 4) is 33.6 Å². The first-order valence-corrected chi connectivity index (χ1v) is 15.4. The number of imidazole rings is 2. The Morgan fingerprint density at radius 1 is 0.909 bits per heavy atom. The molecule has 8 nitrogen and oxygen atoms in total. The van der Waals surface area contributed by atoms with Crippen LogP contribution in [0.1, 0.15) is 53.6 Å². The molecule has 6 aromatic rings. The second-order valence-electron chi connectivity index (χ2n) is 12.0. The molecule has 1 aliphatic heterocycles. The van der Waals surface area contributed by atoms with Gasteiger partial charge in [0.1, 0.15) is 17.8 Å². The Balaban J connectivity index is 1.02. The van der Waals surface area contributed by atoms with E-state index in [0.29, 0.717) is 12.5 Å². The molecule has 220 valence electrons. The third-order valence-corrected chi connectivity index (χ3v) is 9.33. The van der Waals surface area contributed by atoms with Gasteiger partial charge < -0.3 is 14.7 Å². The summed E-state index contributed by atoms with van der Waals surface area (Å²) in [5.41, 5.74) is 10.5. The van der Waals surface area contributed by atoms with E-state index in [1.165, 1.54) is 57.3 Å². The third-order valence-electron chi connectivity index (χ3n) is 9.33. The number of hydrogen-bond acceptors (Lipinski definition) is 6. The topological polar surface area (TPSA) is 95.6 Å². The number of rotatable bonds is 7. The molecular formula is C36H35N7O. The number of nitrogens with zero attached hydrogens (tertiary/aromatic N) is 5. The number of benzene rings is 3. The van der Waals surface area contributed by atoms with E-state index in [4.69, 9.17) is 9.72 Å². The number of hydrogen-bond donors (Lipinski definition) is 2. The Bertz CT molecular complexity index is 1960. The number of fused-ring (bicyclic) bond motifs is 4. The van der Waals surface area contributed by atoms with E-state index in [1.807, 2.05) is 6.20 Å². The summed E-state index contributed by atoms with van der Waals surface area (Å²) in [6.07, 6.45) is 11.8. The minimum atomic E-state index is -0.209. The molecule has 8 heteroatoms. The zero-order chi connectivity index (χ0) is 29.6. The fraction of sp³-hybridized carbons (Fsp3) is 0.278. The van der Waals surface area contributed by atoms with Crippen LogP contribution in [-0.2, 0) is 24.0 Å². The van der Waals surface area contributed by atoms with Gasteiger partial charge in [0.15, 0.2) is 0 Å². The van der Waals surface area contributed by atoms with E-state index in [2.05, 4.69) is 91.5 Å². The van der Waals surface area contributed by atoms with Crippen molar-refractivity contribution in [3.63, 3.8) is 0 Å². The highest BCUT2D eigenvalue weighted by atomic mass is 16.5. The van der Waals surface area contributed by atoms with Gasteiger partial charge in [-0.2, -0.15) is 0 Å². The van der Waals surface area contributed by atoms with Crippen LogP contribution >= 0.6 is 0 Å². The van der Waals surface area contributed by atoms with E-state index in [0.717, 1.165) is 48.0 Å². The maximum Gasteiger partial charge on any atom is 0.124 e. The standard InChI is InChI=1S/C36H35N7O/c1-43-15-3-4-32(43)36-41-29-12-10-26-17-25(9-11-28(26)35(29)42-36)22-5-6-24-18-27(8-7-23(24)16-22)30-21-39-34(40-30)19-33(44-2)31-20-37-13-14-38-31/h5-9,11,13-14,16-18,20-21,32-33H,3-4,10,12,15,19H2,1-2H3,(H,39,40)(H,41,42). The second-order valence-corrected chi connectivity index (χ2v) is 12.0. The van der Waals surface area contributed by atoms with Crippen LogP contribution in [0.5, 0.6) is 0 Å². The minimum absolute atomic E-state index is 0.209. The molecule has 2 N–H and O–H groups in total. The largest absolute Gasteiger partial charge is 0.375 e. The third kappa shape index (κ3) is 4.90. The Morgan fingerprint density at radius 3 is 2.52 bits per heavy atom. The fourth-order valence-corrected chi connectivity index (χ4v) is 6.89. The smallest absolute Gasteiger partial charge is 0.124 e. The summed E-state index contributed by atoms with van der Waals surface area (Å²) in [7, 11) is 3.89. The van der Waals surface area contributed by atoms with E-state index in [1.54, 1.807) is 25.7 Å². The first-order chi connectivity index (χ1) is 21.6. The fourth-order valence-electron chi connectivity index (χ4n) is 6.89. The van der Waals surface area contributed by atoms with Gasteiger partial charge in [0.25, 0.3) is 0 Å². The number of aromatic amines is 2. The molecule has 2 atom stereocenters. The van der Waals surface area contributed by atoms with Gasteiger partial charge in [-0.25, -0.2) is 9.97 Å². The molecule has 44 heavy (non-hydrogen) atoms. The Morgan fingerprint density at radius 2 is 1.73 bits per heavy atom. The van der Waals surface area contributed by atoms with Gasteiger partial charge in [-0.3, -0.25) is 14.9 Å². The summed E-state index contributed by atoms with van der Waals surface area (Å²) >= 11 is 0. The number of likely N-dealkylation sites (tertiary alicyclic amines) is 1. The first kappa shape index (κ1) is 26.9. The Kier molecular flexibility index (Phi) is 6.80. The van der Waals surface area contributed by atoms with Crippen molar-refractivity contribution in [2.45, 2.75) is 44.2 Å². The molecule has 1 saturated heterocycles. The lowest BCUT2D eigenvalue weighted by Crippen LogP contribution is -2.18. The quantitative estimate of drug-likeness (QED) is 0.214. The van der Waals surface area contributed by atoms with Gasteiger partial charge in [-0.05, 0) is 78.9 Å². The van der Waals surface area contributed by atoms with E-state index < -0.39 is 0 Å². The number of aromatic nitrogens is 6. The lowest BCUT2D eigenvalue weighted by Gasteiger charge is -2.17. The molecule has 1 aliphatic carbocycles. The van der Waals surface area contributed by atoms with Gasteiger partial charge in [-0.15, -0.1) is 0 Å². The van der Waals surface area contributed by atoms with Crippen molar-refractivity contribution in [3.05, 3.63) is 108 Å². The van der Waals surface area contributed by atoms with E-state index in [-0.39, 0.29) is 6.10 Å². The normalized spacial score (nSPS) is 17.1. The predicted octanol–water partition coefficient (Wildman–Crippen LogP) is 6.87. The zero-order valence-electron chi connectivity index (χ0n) is 25.0. The van der Waals surface area contributed by atoms with Crippen LogP contribution in [0.2, 0.25) is 0 Å². The van der Waals surface area contributed by atoms with Gasteiger partial charge in [0.05, 0.1) is 41.2 Å². The SMILES string of the molecule is COC(Cc1ncc(-c2ccc3cc(-c4ccc5c(c4)CCc4nc(C6CCCN6C)[nH]c4-5)ccc3c2)[nH]1)c1cnccn1. The summed E-state index contributed by atoms with van der Waals surface area (Å²) in [6.45, 7) is 1.15. The van der Waals surface area contributed by atoms with Crippen molar-refractivity contribution in [1.29, 1.82) is 0 Å². The molecular weight excluding hydrogens is 546 g/mol. The minimum Gasteiger partial charge on any atom is -0.375 e. The number of nitrogens with one attached hydrogen (secondary N) is 2. The van der Waals surface area contributed by atoms with Crippen molar-refractivity contribution in [2.75, 3.05) is 20.7 Å². The highest BCUT2D eigenvalue weighted by molar-refractivity contribution is 5.91.